The zero-order chi connectivity index (χ0) is 15.4. The van der Waals surface area contributed by atoms with E-state index < -0.39 is 15.5 Å². The molecule has 0 amide bonds. The maximum Gasteiger partial charge on any atom is 0.441 e. The van der Waals surface area contributed by atoms with Gasteiger partial charge in [-0.05, 0) is 36.4 Å². The standard InChI is InChI=1S/C11H15F3N2O2S2/c1-8(16-5-6-19-11(12,13)14)9-3-2-4-10(7-9)20(15,17)18/h2-4,7-8,16H,5-6H2,1H3,(H2,15,17,18). The predicted molar refractivity (Wildman–Crippen MR) is 72.7 cm³/mol. The van der Waals surface area contributed by atoms with E-state index in [4.69, 9.17) is 5.14 Å². The van der Waals surface area contributed by atoms with Crippen molar-refractivity contribution in [3.05, 3.63) is 29.8 Å². The first-order valence-electron chi connectivity index (χ1n) is 5.66. The number of sulfonamides is 1. The first-order valence-corrected chi connectivity index (χ1v) is 8.19. The molecule has 1 rings (SSSR count). The molecule has 0 heterocycles. The third-order valence-electron chi connectivity index (χ3n) is 2.50. The molecule has 0 aliphatic rings. The fourth-order valence-electron chi connectivity index (χ4n) is 1.52. The lowest BCUT2D eigenvalue weighted by Gasteiger charge is -2.15. The van der Waals surface area contributed by atoms with Crippen molar-refractivity contribution in [2.24, 2.45) is 5.14 Å². The summed E-state index contributed by atoms with van der Waals surface area (Å²) < 4.78 is 58.2. The van der Waals surface area contributed by atoms with Crippen LogP contribution in [0.5, 0.6) is 0 Å². The monoisotopic (exact) mass is 328 g/mol. The van der Waals surface area contributed by atoms with Gasteiger partial charge in [0, 0.05) is 18.3 Å². The van der Waals surface area contributed by atoms with Gasteiger partial charge >= 0.3 is 5.51 Å². The van der Waals surface area contributed by atoms with Gasteiger partial charge < -0.3 is 5.32 Å². The number of primary sulfonamides is 1. The van der Waals surface area contributed by atoms with Crippen molar-refractivity contribution in [3.8, 4) is 0 Å². The quantitative estimate of drug-likeness (QED) is 0.786. The maximum atomic E-state index is 11.9. The molecule has 0 saturated heterocycles. The van der Waals surface area contributed by atoms with Crippen LogP contribution in [0.25, 0.3) is 0 Å². The lowest BCUT2D eigenvalue weighted by atomic mass is 10.1. The normalized spacial score (nSPS) is 14.2. The molecule has 4 nitrogen and oxygen atoms in total. The second-order valence-electron chi connectivity index (χ2n) is 4.09. The molecule has 0 spiro atoms. The number of halogens is 3. The van der Waals surface area contributed by atoms with Crippen LogP contribution in [-0.2, 0) is 10.0 Å². The van der Waals surface area contributed by atoms with Crippen molar-refractivity contribution >= 4 is 21.8 Å². The number of thioether (sulfide) groups is 1. The van der Waals surface area contributed by atoms with Gasteiger partial charge in [0.05, 0.1) is 4.90 Å². The predicted octanol–water partition coefficient (Wildman–Crippen LogP) is 2.24. The molecule has 0 radical (unpaired) electrons. The fraction of sp³-hybridized carbons (Fsp3) is 0.455. The summed E-state index contributed by atoms with van der Waals surface area (Å²) in [7, 11) is -3.78. The number of alkyl halides is 3. The van der Waals surface area contributed by atoms with Crippen LogP contribution in [0.3, 0.4) is 0 Å². The Morgan fingerprint density at radius 1 is 1.40 bits per heavy atom. The van der Waals surface area contributed by atoms with Gasteiger partial charge in [-0.25, -0.2) is 13.6 Å². The third-order valence-corrected chi connectivity index (χ3v) is 4.15. The Morgan fingerprint density at radius 3 is 2.60 bits per heavy atom. The zero-order valence-electron chi connectivity index (χ0n) is 10.6. The molecule has 1 aromatic rings. The van der Waals surface area contributed by atoms with E-state index in [1.807, 2.05) is 0 Å². The summed E-state index contributed by atoms with van der Waals surface area (Å²) in [6, 6.07) is 5.72. The lowest BCUT2D eigenvalue weighted by molar-refractivity contribution is -0.0327. The van der Waals surface area contributed by atoms with Gasteiger partial charge in [0.1, 0.15) is 0 Å². The summed E-state index contributed by atoms with van der Waals surface area (Å²) in [5.41, 5.74) is -3.59. The third kappa shape index (κ3) is 6.12. The van der Waals surface area contributed by atoms with Gasteiger partial charge in [-0.2, -0.15) is 13.2 Å². The Morgan fingerprint density at radius 2 is 2.05 bits per heavy atom. The smallest absolute Gasteiger partial charge is 0.309 e. The summed E-state index contributed by atoms with van der Waals surface area (Å²) in [6.45, 7) is 1.89. The molecule has 9 heteroatoms. The molecule has 114 valence electrons. The van der Waals surface area contributed by atoms with Gasteiger partial charge in [0.15, 0.2) is 0 Å². The minimum absolute atomic E-state index is 0.0201. The van der Waals surface area contributed by atoms with Crippen LogP contribution in [0.2, 0.25) is 0 Å². The summed E-state index contributed by atoms with van der Waals surface area (Å²) in [4.78, 5) is -0.0201. The highest BCUT2D eigenvalue weighted by Crippen LogP contribution is 2.29. The molecular weight excluding hydrogens is 313 g/mol. The molecule has 0 aliphatic carbocycles. The largest absolute Gasteiger partial charge is 0.441 e. The van der Waals surface area contributed by atoms with Crippen molar-refractivity contribution in [2.75, 3.05) is 12.3 Å². The van der Waals surface area contributed by atoms with Crippen molar-refractivity contribution < 1.29 is 21.6 Å². The molecule has 0 aromatic heterocycles. The van der Waals surface area contributed by atoms with E-state index in [9.17, 15) is 21.6 Å². The van der Waals surface area contributed by atoms with Gasteiger partial charge in [-0.1, -0.05) is 12.1 Å². The SMILES string of the molecule is CC(NCCSC(F)(F)F)c1cccc(S(N)(=O)=O)c1. The van der Waals surface area contributed by atoms with E-state index in [-0.39, 0.29) is 35.0 Å². The van der Waals surface area contributed by atoms with Crippen LogP contribution >= 0.6 is 11.8 Å². The Hall–Kier alpha value is -0.770. The summed E-state index contributed by atoms with van der Waals surface area (Å²) >= 11 is -0.100. The molecule has 3 N–H and O–H groups in total. The highest BCUT2D eigenvalue weighted by atomic mass is 32.2. The average Bonchev–Trinajstić information content (AvgIpc) is 2.32. The van der Waals surface area contributed by atoms with Crippen LogP contribution in [0.15, 0.2) is 29.2 Å². The molecule has 0 saturated carbocycles. The second kappa shape index (κ2) is 6.79. The molecule has 20 heavy (non-hydrogen) atoms. The van der Waals surface area contributed by atoms with E-state index >= 15 is 0 Å². The summed E-state index contributed by atoms with van der Waals surface area (Å²) in [5.74, 6) is -0.108. The number of benzene rings is 1. The highest BCUT2D eigenvalue weighted by Gasteiger charge is 2.27. The van der Waals surface area contributed by atoms with E-state index in [2.05, 4.69) is 5.32 Å². The van der Waals surface area contributed by atoms with E-state index in [0.29, 0.717) is 5.56 Å². The number of nitrogens with one attached hydrogen (secondary N) is 1. The number of hydrogen-bond donors (Lipinski definition) is 2. The van der Waals surface area contributed by atoms with Crippen LogP contribution < -0.4 is 10.5 Å². The highest BCUT2D eigenvalue weighted by molar-refractivity contribution is 8.00. The Bertz CT molecular complexity index is 547. The minimum atomic E-state index is -4.24. The lowest BCUT2D eigenvalue weighted by Crippen LogP contribution is -2.23. The molecule has 0 fully saturated rings. The minimum Gasteiger partial charge on any atom is -0.309 e. The van der Waals surface area contributed by atoms with Crippen LogP contribution in [0.1, 0.15) is 18.5 Å². The second-order valence-corrected chi connectivity index (χ2v) is 6.81. The van der Waals surface area contributed by atoms with Gasteiger partial charge in [-0.3, -0.25) is 0 Å². The van der Waals surface area contributed by atoms with Crippen LogP contribution in [0.4, 0.5) is 13.2 Å². The van der Waals surface area contributed by atoms with Crippen molar-refractivity contribution in [1.82, 2.24) is 5.32 Å². The molecule has 1 atom stereocenters. The summed E-state index contributed by atoms with van der Waals surface area (Å²) in [5, 5.41) is 7.91. The van der Waals surface area contributed by atoms with Gasteiger partial charge in [-0.15, -0.1) is 0 Å². The van der Waals surface area contributed by atoms with E-state index in [1.165, 1.54) is 18.2 Å². The summed E-state index contributed by atoms with van der Waals surface area (Å²) in [6.07, 6.45) is 0. The van der Waals surface area contributed by atoms with Crippen LogP contribution in [-0.4, -0.2) is 26.2 Å². The van der Waals surface area contributed by atoms with E-state index in [1.54, 1.807) is 13.0 Å². The Labute approximate surface area is 120 Å². The molecule has 1 unspecified atom stereocenters. The molecule has 1 aromatic carbocycles. The number of nitrogens with two attached hydrogens (primary N) is 1. The fourth-order valence-corrected chi connectivity index (χ4v) is 2.54. The maximum absolute atomic E-state index is 11.9. The first-order chi connectivity index (χ1) is 9.09. The van der Waals surface area contributed by atoms with Crippen LogP contribution in [0, 0.1) is 0 Å². The molecular formula is C11H15F3N2O2S2. The average molecular weight is 328 g/mol. The van der Waals surface area contributed by atoms with Crippen molar-refractivity contribution in [3.63, 3.8) is 0 Å². The van der Waals surface area contributed by atoms with Crippen molar-refractivity contribution in [1.29, 1.82) is 0 Å². The van der Waals surface area contributed by atoms with Crippen molar-refractivity contribution in [2.45, 2.75) is 23.4 Å². The number of hydrogen-bond acceptors (Lipinski definition) is 4. The van der Waals surface area contributed by atoms with Gasteiger partial charge in [0.25, 0.3) is 0 Å². The Kier molecular flexibility index (Phi) is 5.87. The molecule has 0 aliphatic heterocycles. The topological polar surface area (TPSA) is 72.2 Å². The number of rotatable bonds is 6. The zero-order valence-corrected chi connectivity index (χ0v) is 12.3. The molecule has 0 bridgehead atoms. The van der Waals surface area contributed by atoms with E-state index in [0.717, 1.165) is 0 Å². The van der Waals surface area contributed by atoms with Gasteiger partial charge in [0.2, 0.25) is 10.0 Å². The Balaban J connectivity index is 2.58. The first kappa shape index (κ1) is 17.3.